The normalized spacial score (nSPS) is 18.5. The fraction of sp³-hybridized carbons (Fsp3) is 0.409. The molecule has 2 aromatic carbocycles. The average molecular weight is 417 g/mol. The van der Waals surface area contributed by atoms with E-state index in [0.29, 0.717) is 37.4 Å². The molecule has 2 heterocycles. The van der Waals surface area contributed by atoms with Crippen LogP contribution in [0.1, 0.15) is 30.4 Å². The van der Waals surface area contributed by atoms with Crippen LogP contribution in [0.5, 0.6) is 0 Å². The monoisotopic (exact) mass is 416 g/mol. The Balaban J connectivity index is 1.45. The third-order valence-corrected chi connectivity index (χ3v) is 7.80. The average Bonchev–Trinajstić information content (AvgIpc) is 2.73. The zero-order valence-electron chi connectivity index (χ0n) is 16.5. The number of aryl methyl sites for hydroxylation is 2. The van der Waals surface area contributed by atoms with E-state index in [-0.39, 0.29) is 17.6 Å². The summed E-state index contributed by atoms with van der Waals surface area (Å²) in [5.41, 5.74) is 2.66. The quantitative estimate of drug-likeness (QED) is 0.769. The second kappa shape index (κ2) is 7.88. The van der Waals surface area contributed by atoms with Crippen molar-refractivity contribution in [1.29, 1.82) is 0 Å². The zero-order valence-corrected chi connectivity index (χ0v) is 17.3. The predicted molar refractivity (Wildman–Crippen MR) is 110 cm³/mol. The van der Waals surface area contributed by atoms with Crippen LogP contribution in [0.2, 0.25) is 0 Å². The van der Waals surface area contributed by atoms with E-state index in [1.807, 2.05) is 6.92 Å². The fourth-order valence-electron chi connectivity index (χ4n) is 4.22. The van der Waals surface area contributed by atoms with Crippen LogP contribution in [-0.2, 0) is 21.2 Å². The summed E-state index contributed by atoms with van der Waals surface area (Å²) >= 11 is 0. The van der Waals surface area contributed by atoms with E-state index in [4.69, 9.17) is 0 Å². The van der Waals surface area contributed by atoms with Gasteiger partial charge in [-0.1, -0.05) is 17.7 Å². The van der Waals surface area contributed by atoms with Gasteiger partial charge in [-0.3, -0.25) is 4.79 Å². The number of sulfonamides is 1. The Labute approximate surface area is 171 Å². The van der Waals surface area contributed by atoms with Gasteiger partial charge in [-0.15, -0.1) is 0 Å². The molecule has 1 amide bonds. The molecule has 1 fully saturated rings. The van der Waals surface area contributed by atoms with Crippen molar-refractivity contribution in [3.63, 3.8) is 0 Å². The predicted octanol–water partition coefficient (Wildman–Crippen LogP) is 3.51. The Bertz CT molecular complexity index is 1010. The topological polar surface area (TPSA) is 57.7 Å². The molecule has 0 atom stereocenters. The number of amides is 1. The lowest BCUT2D eigenvalue weighted by Gasteiger charge is -2.36. The summed E-state index contributed by atoms with van der Waals surface area (Å²) in [5, 5.41) is 0. The summed E-state index contributed by atoms with van der Waals surface area (Å²) in [7, 11) is -3.54. The van der Waals surface area contributed by atoms with Crippen molar-refractivity contribution >= 4 is 21.6 Å². The van der Waals surface area contributed by atoms with Crippen molar-refractivity contribution in [2.24, 2.45) is 5.92 Å². The van der Waals surface area contributed by atoms with Gasteiger partial charge >= 0.3 is 0 Å². The number of nitrogens with zero attached hydrogens (tertiary/aromatic N) is 2. The summed E-state index contributed by atoms with van der Waals surface area (Å²) in [5.74, 6) is -0.479. The molecule has 0 aromatic heterocycles. The van der Waals surface area contributed by atoms with Crippen LogP contribution < -0.4 is 4.90 Å². The van der Waals surface area contributed by atoms with Crippen LogP contribution in [0, 0.1) is 18.7 Å². The van der Waals surface area contributed by atoms with E-state index in [2.05, 4.69) is 0 Å². The van der Waals surface area contributed by atoms with Gasteiger partial charge in [0.1, 0.15) is 5.82 Å². The van der Waals surface area contributed by atoms with E-state index in [1.54, 1.807) is 35.2 Å². The first kappa shape index (κ1) is 20.0. The van der Waals surface area contributed by atoms with Crippen molar-refractivity contribution in [2.75, 3.05) is 24.5 Å². The van der Waals surface area contributed by atoms with E-state index >= 15 is 0 Å². The molecule has 5 nitrogen and oxygen atoms in total. The third-order valence-electron chi connectivity index (χ3n) is 5.89. The number of anilines is 1. The number of rotatable bonds is 3. The molecule has 7 heteroatoms. The van der Waals surface area contributed by atoms with Crippen LogP contribution in [0.4, 0.5) is 10.1 Å². The molecule has 0 saturated carbocycles. The Morgan fingerprint density at radius 1 is 1.03 bits per heavy atom. The van der Waals surface area contributed by atoms with Gasteiger partial charge in [0, 0.05) is 31.2 Å². The maximum absolute atomic E-state index is 13.5. The molecule has 0 aliphatic carbocycles. The lowest BCUT2D eigenvalue weighted by Crippen LogP contribution is -2.45. The fourth-order valence-corrected chi connectivity index (χ4v) is 5.69. The molecule has 2 aliphatic heterocycles. The van der Waals surface area contributed by atoms with E-state index in [0.717, 1.165) is 29.7 Å². The van der Waals surface area contributed by atoms with Crippen molar-refractivity contribution in [3.05, 3.63) is 59.4 Å². The van der Waals surface area contributed by atoms with E-state index in [9.17, 15) is 17.6 Å². The van der Waals surface area contributed by atoms with Crippen molar-refractivity contribution < 1.29 is 17.6 Å². The summed E-state index contributed by atoms with van der Waals surface area (Å²) < 4.78 is 40.7. The maximum atomic E-state index is 13.5. The Hall–Kier alpha value is -2.25. The number of hydrogen-bond acceptors (Lipinski definition) is 3. The van der Waals surface area contributed by atoms with Gasteiger partial charge in [-0.05, 0) is 68.5 Å². The highest BCUT2D eigenvalue weighted by Gasteiger charge is 2.35. The summed E-state index contributed by atoms with van der Waals surface area (Å²) in [6, 6.07) is 11.4. The number of benzene rings is 2. The Kier molecular flexibility index (Phi) is 5.44. The van der Waals surface area contributed by atoms with Crippen LogP contribution in [0.3, 0.4) is 0 Å². The molecule has 0 unspecified atom stereocenters. The molecule has 4 rings (SSSR count). The minimum Gasteiger partial charge on any atom is -0.312 e. The first-order chi connectivity index (χ1) is 13.9. The highest BCUT2D eigenvalue weighted by atomic mass is 32.2. The number of fused-ring (bicyclic) bond motifs is 1. The molecule has 0 radical (unpaired) electrons. The van der Waals surface area contributed by atoms with Gasteiger partial charge in [0.25, 0.3) is 0 Å². The van der Waals surface area contributed by atoms with Gasteiger partial charge in [0.05, 0.1) is 4.90 Å². The smallest absolute Gasteiger partial charge is 0.243 e. The third kappa shape index (κ3) is 3.94. The van der Waals surface area contributed by atoms with Crippen molar-refractivity contribution in [1.82, 2.24) is 4.31 Å². The Morgan fingerprint density at radius 2 is 1.72 bits per heavy atom. The molecule has 2 aromatic rings. The molecule has 154 valence electrons. The number of carbonyl (C=O) groups excluding carboxylic acids is 1. The molecule has 0 N–H and O–H groups in total. The standard InChI is InChI=1S/C22H25FN2O3S/c1-16-4-7-20(8-5-16)29(27,28)24-13-10-17(11-14-24)22(26)25-12-2-3-18-15-19(23)6-9-21(18)25/h4-9,15,17H,2-3,10-14H2,1H3. The van der Waals surface area contributed by atoms with Gasteiger partial charge in [0.2, 0.25) is 15.9 Å². The lowest BCUT2D eigenvalue weighted by molar-refractivity contribution is -0.123. The van der Waals surface area contributed by atoms with Crippen molar-refractivity contribution in [2.45, 2.75) is 37.5 Å². The van der Waals surface area contributed by atoms with Gasteiger partial charge in [0.15, 0.2) is 0 Å². The number of halogens is 1. The number of carbonyl (C=O) groups is 1. The summed E-state index contributed by atoms with van der Waals surface area (Å²) in [6.07, 6.45) is 2.57. The number of piperidine rings is 1. The molecule has 1 saturated heterocycles. The van der Waals surface area contributed by atoms with E-state index in [1.165, 1.54) is 16.4 Å². The first-order valence-electron chi connectivity index (χ1n) is 10.0. The molecular weight excluding hydrogens is 391 g/mol. The lowest BCUT2D eigenvalue weighted by atomic mass is 9.94. The zero-order chi connectivity index (χ0) is 20.6. The van der Waals surface area contributed by atoms with Gasteiger partial charge < -0.3 is 4.90 Å². The van der Waals surface area contributed by atoms with Crippen LogP contribution in [-0.4, -0.2) is 38.3 Å². The van der Waals surface area contributed by atoms with Crippen LogP contribution in [0.15, 0.2) is 47.4 Å². The van der Waals surface area contributed by atoms with Crippen LogP contribution >= 0.6 is 0 Å². The Morgan fingerprint density at radius 3 is 2.41 bits per heavy atom. The van der Waals surface area contributed by atoms with E-state index < -0.39 is 10.0 Å². The minimum absolute atomic E-state index is 0.0185. The summed E-state index contributed by atoms with van der Waals surface area (Å²) in [4.78, 5) is 15.2. The largest absolute Gasteiger partial charge is 0.312 e. The molecule has 0 spiro atoms. The molecule has 0 bridgehead atoms. The highest BCUT2D eigenvalue weighted by molar-refractivity contribution is 7.89. The van der Waals surface area contributed by atoms with Crippen molar-refractivity contribution in [3.8, 4) is 0 Å². The maximum Gasteiger partial charge on any atom is 0.243 e. The first-order valence-corrected chi connectivity index (χ1v) is 11.5. The second-order valence-electron chi connectivity index (χ2n) is 7.86. The SMILES string of the molecule is Cc1ccc(S(=O)(=O)N2CCC(C(=O)N3CCCc4cc(F)ccc43)CC2)cc1. The molecule has 29 heavy (non-hydrogen) atoms. The molecular formula is C22H25FN2O3S. The highest BCUT2D eigenvalue weighted by Crippen LogP contribution is 2.32. The van der Waals surface area contributed by atoms with Gasteiger partial charge in [-0.2, -0.15) is 4.31 Å². The second-order valence-corrected chi connectivity index (χ2v) is 9.80. The summed E-state index contributed by atoms with van der Waals surface area (Å²) in [6.45, 7) is 3.20. The minimum atomic E-state index is -3.54. The van der Waals surface area contributed by atoms with Crippen LogP contribution in [0.25, 0.3) is 0 Å². The van der Waals surface area contributed by atoms with Gasteiger partial charge in [-0.25, -0.2) is 12.8 Å². The molecule has 2 aliphatic rings. The number of hydrogen-bond donors (Lipinski definition) is 0.